The third-order valence-corrected chi connectivity index (χ3v) is 5.04. The highest BCUT2D eigenvalue weighted by molar-refractivity contribution is 5.44. The van der Waals surface area contributed by atoms with Crippen molar-refractivity contribution in [3.63, 3.8) is 0 Å². The summed E-state index contributed by atoms with van der Waals surface area (Å²) in [5.41, 5.74) is 3.25. The molecule has 5 heteroatoms. The van der Waals surface area contributed by atoms with Crippen LogP contribution < -0.4 is 4.90 Å². The van der Waals surface area contributed by atoms with Gasteiger partial charge in [0.15, 0.2) is 0 Å². The monoisotopic (exact) mass is 378 g/mol. The van der Waals surface area contributed by atoms with E-state index in [1.54, 1.807) is 0 Å². The molecule has 0 amide bonds. The van der Waals surface area contributed by atoms with Crippen LogP contribution in [0.25, 0.3) is 0 Å². The third-order valence-electron chi connectivity index (χ3n) is 5.04. The highest BCUT2D eigenvalue weighted by atomic mass is 16.5. The third kappa shape index (κ3) is 4.61. The van der Waals surface area contributed by atoms with Crippen LogP contribution in [0.15, 0.2) is 65.1 Å². The molecular weight excluding hydrogens is 352 g/mol. The molecule has 1 N–H and O–H groups in total. The van der Waals surface area contributed by atoms with E-state index in [1.165, 1.54) is 11.1 Å². The van der Waals surface area contributed by atoms with E-state index >= 15 is 0 Å². The van der Waals surface area contributed by atoms with Crippen LogP contribution in [0.3, 0.4) is 0 Å². The summed E-state index contributed by atoms with van der Waals surface area (Å²) >= 11 is 0. The number of hydrogen-bond donors (Lipinski definition) is 1. The summed E-state index contributed by atoms with van der Waals surface area (Å²) < 4.78 is 11.6. The number of anilines is 1. The summed E-state index contributed by atoms with van der Waals surface area (Å²) in [6.45, 7) is 2.90. The number of aryl methyl sites for hydroxylation is 1. The fourth-order valence-corrected chi connectivity index (χ4v) is 3.49. The number of ether oxygens (including phenoxy) is 1. The lowest BCUT2D eigenvalue weighted by molar-refractivity contribution is 0.117. The summed E-state index contributed by atoms with van der Waals surface area (Å²) in [6.07, 6.45) is 1.33. The Hall–Kier alpha value is -2.63. The Kier molecular flexibility index (Phi) is 6.04. The molecule has 0 bridgehead atoms. The molecule has 1 atom stereocenters. The zero-order valence-electron chi connectivity index (χ0n) is 16.0. The lowest BCUT2D eigenvalue weighted by Gasteiger charge is -2.26. The molecule has 1 aliphatic heterocycles. The standard InChI is InChI=1S/C23H26N2O3/c26-21(12-11-18-7-3-1-4-8-18)22-24-20(17-19-9-5-2-6-10-19)23(28-22)25-13-15-27-16-14-25/h1-10,21,26H,11-17H2. The van der Waals surface area contributed by atoms with Gasteiger partial charge < -0.3 is 19.2 Å². The SMILES string of the molecule is OC(CCc1ccccc1)c1nc(Cc2ccccc2)c(N2CCOCC2)o1. The minimum absolute atomic E-state index is 0.406. The van der Waals surface area contributed by atoms with Crippen molar-refractivity contribution in [2.45, 2.75) is 25.4 Å². The molecule has 0 aliphatic carbocycles. The number of aliphatic hydroxyl groups is 1. The minimum atomic E-state index is -0.718. The first-order valence-electron chi connectivity index (χ1n) is 9.88. The topological polar surface area (TPSA) is 58.7 Å². The van der Waals surface area contributed by atoms with Gasteiger partial charge >= 0.3 is 0 Å². The smallest absolute Gasteiger partial charge is 0.226 e. The van der Waals surface area contributed by atoms with Gasteiger partial charge in [0.2, 0.25) is 11.8 Å². The molecule has 3 aromatic rings. The zero-order valence-corrected chi connectivity index (χ0v) is 16.0. The van der Waals surface area contributed by atoms with Gasteiger partial charge in [0, 0.05) is 19.5 Å². The molecule has 0 saturated carbocycles. The van der Waals surface area contributed by atoms with E-state index in [2.05, 4.69) is 29.2 Å². The Labute approximate surface area is 165 Å². The van der Waals surface area contributed by atoms with Crippen LogP contribution in [0, 0.1) is 0 Å². The predicted molar refractivity (Wildman–Crippen MR) is 109 cm³/mol. The number of rotatable bonds is 7. The van der Waals surface area contributed by atoms with Gasteiger partial charge in [-0.3, -0.25) is 0 Å². The van der Waals surface area contributed by atoms with Crippen molar-refractivity contribution in [1.29, 1.82) is 0 Å². The Bertz CT molecular complexity index is 858. The highest BCUT2D eigenvalue weighted by Gasteiger charge is 2.24. The summed E-state index contributed by atoms with van der Waals surface area (Å²) in [6, 6.07) is 20.4. The number of oxazole rings is 1. The number of hydrogen-bond acceptors (Lipinski definition) is 5. The molecule has 2 aromatic carbocycles. The van der Waals surface area contributed by atoms with Crippen molar-refractivity contribution < 1.29 is 14.3 Å². The van der Waals surface area contributed by atoms with Crippen molar-refractivity contribution in [3.05, 3.63) is 83.4 Å². The van der Waals surface area contributed by atoms with Crippen LogP contribution in [0.2, 0.25) is 0 Å². The molecule has 1 aliphatic rings. The second-order valence-electron chi connectivity index (χ2n) is 7.11. The molecule has 1 aromatic heterocycles. The maximum atomic E-state index is 10.7. The van der Waals surface area contributed by atoms with E-state index in [-0.39, 0.29) is 0 Å². The van der Waals surface area contributed by atoms with Gasteiger partial charge in [-0.25, -0.2) is 4.98 Å². The van der Waals surface area contributed by atoms with Crippen molar-refractivity contribution in [2.75, 3.05) is 31.2 Å². The summed E-state index contributed by atoms with van der Waals surface area (Å²) in [5, 5.41) is 10.7. The van der Waals surface area contributed by atoms with Crippen molar-refractivity contribution in [3.8, 4) is 0 Å². The summed E-state index contributed by atoms with van der Waals surface area (Å²) in [7, 11) is 0. The molecule has 1 unspecified atom stereocenters. The van der Waals surface area contributed by atoms with Crippen LogP contribution >= 0.6 is 0 Å². The first-order chi connectivity index (χ1) is 13.8. The molecule has 28 heavy (non-hydrogen) atoms. The average Bonchev–Trinajstić information content (AvgIpc) is 3.18. The Morgan fingerprint density at radius 3 is 2.25 bits per heavy atom. The largest absolute Gasteiger partial charge is 0.422 e. The molecule has 5 nitrogen and oxygen atoms in total. The van der Waals surface area contributed by atoms with Crippen LogP contribution in [-0.4, -0.2) is 36.4 Å². The fraction of sp³-hybridized carbons (Fsp3) is 0.348. The molecule has 1 fully saturated rings. The maximum Gasteiger partial charge on any atom is 0.226 e. The van der Waals surface area contributed by atoms with Crippen molar-refractivity contribution >= 4 is 5.88 Å². The van der Waals surface area contributed by atoms with Gasteiger partial charge in [-0.15, -0.1) is 0 Å². The van der Waals surface area contributed by atoms with Crippen LogP contribution in [0.1, 0.15) is 35.2 Å². The van der Waals surface area contributed by atoms with E-state index in [4.69, 9.17) is 14.1 Å². The number of aromatic nitrogens is 1. The van der Waals surface area contributed by atoms with Crippen molar-refractivity contribution in [1.82, 2.24) is 4.98 Å². The van der Waals surface area contributed by atoms with E-state index in [1.807, 2.05) is 36.4 Å². The zero-order chi connectivity index (χ0) is 19.2. The second kappa shape index (κ2) is 9.04. The molecule has 0 radical (unpaired) electrons. The lowest BCUT2D eigenvalue weighted by atomic mass is 10.1. The van der Waals surface area contributed by atoms with Gasteiger partial charge in [0.1, 0.15) is 11.8 Å². The summed E-state index contributed by atoms with van der Waals surface area (Å²) in [5.74, 6) is 1.17. The normalized spacial score (nSPS) is 15.5. The van der Waals surface area contributed by atoms with Gasteiger partial charge in [-0.1, -0.05) is 60.7 Å². The molecule has 4 rings (SSSR count). The lowest BCUT2D eigenvalue weighted by Crippen LogP contribution is -2.36. The minimum Gasteiger partial charge on any atom is -0.422 e. The maximum absolute atomic E-state index is 10.7. The molecule has 0 spiro atoms. The Morgan fingerprint density at radius 1 is 0.929 bits per heavy atom. The van der Waals surface area contributed by atoms with E-state index in [0.717, 1.165) is 31.1 Å². The number of nitrogens with zero attached hydrogens (tertiary/aromatic N) is 2. The quantitative estimate of drug-likeness (QED) is 0.678. The van der Waals surface area contributed by atoms with Crippen molar-refractivity contribution in [2.24, 2.45) is 0 Å². The number of benzene rings is 2. The van der Waals surface area contributed by atoms with E-state index in [0.29, 0.717) is 31.9 Å². The molecule has 146 valence electrons. The first-order valence-corrected chi connectivity index (χ1v) is 9.88. The van der Waals surface area contributed by atoms with Gasteiger partial charge in [0.05, 0.1) is 13.2 Å². The summed E-state index contributed by atoms with van der Waals surface area (Å²) in [4.78, 5) is 6.86. The van der Waals surface area contributed by atoms with Crippen LogP contribution in [-0.2, 0) is 17.6 Å². The van der Waals surface area contributed by atoms with E-state index < -0.39 is 6.10 Å². The van der Waals surface area contributed by atoms with E-state index in [9.17, 15) is 5.11 Å². The average molecular weight is 378 g/mol. The van der Waals surface area contributed by atoms with Gasteiger partial charge in [-0.2, -0.15) is 0 Å². The Morgan fingerprint density at radius 2 is 1.57 bits per heavy atom. The number of aliphatic hydroxyl groups excluding tert-OH is 1. The second-order valence-corrected chi connectivity index (χ2v) is 7.11. The van der Waals surface area contributed by atoms with Crippen LogP contribution in [0.5, 0.6) is 0 Å². The van der Waals surface area contributed by atoms with Gasteiger partial charge in [-0.05, 0) is 24.0 Å². The first kappa shape index (κ1) is 18.7. The predicted octanol–water partition coefficient (Wildman–Crippen LogP) is 3.77. The highest BCUT2D eigenvalue weighted by Crippen LogP contribution is 2.29. The Balaban J connectivity index is 1.53. The number of morpholine rings is 1. The molecule has 2 heterocycles. The molecule has 1 saturated heterocycles. The fourth-order valence-electron chi connectivity index (χ4n) is 3.49. The van der Waals surface area contributed by atoms with Crippen LogP contribution in [0.4, 0.5) is 5.88 Å². The molecular formula is C23H26N2O3. The van der Waals surface area contributed by atoms with Gasteiger partial charge in [0.25, 0.3) is 0 Å².